The maximum atomic E-state index is 12.3. The molecule has 0 bridgehead atoms. The van der Waals surface area contributed by atoms with E-state index in [9.17, 15) is 22.5 Å². The van der Waals surface area contributed by atoms with Crippen LogP contribution in [0.4, 0.5) is 5.69 Å². The monoisotopic (exact) mass is 374 g/mol. The maximum absolute atomic E-state index is 12.3. The Balaban J connectivity index is 2.94. The van der Waals surface area contributed by atoms with Gasteiger partial charge in [0.2, 0.25) is 0 Å². The third-order valence-corrected chi connectivity index (χ3v) is 5.70. The summed E-state index contributed by atoms with van der Waals surface area (Å²) in [6, 6.07) is 3.43. The minimum absolute atomic E-state index is 0.0172. The van der Waals surface area contributed by atoms with Gasteiger partial charge in [-0.1, -0.05) is 0 Å². The van der Waals surface area contributed by atoms with Crippen LogP contribution in [0.2, 0.25) is 0 Å². The van der Waals surface area contributed by atoms with Gasteiger partial charge in [0.25, 0.3) is 0 Å². The summed E-state index contributed by atoms with van der Waals surface area (Å²) in [6.07, 6.45) is 1.05. The normalized spacial score (nSPS) is 13.2. The molecule has 1 aromatic rings. The van der Waals surface area contributed by atoms with E-state index in [4.69, 9.17) is 9.46 Å². The predicted molar refractivity (Wildman–Crippen MR) is 79.7 cm³/mol. The van der Waals surface area contributed by atoms with Gasteiger partial charge >= 0.3 is 130 Å². The van der Waals surface area contributed by atoms with Crippen LogP contribution in [0.1, 0.15) is 26.2 Å². The number of rotatable bonds is 7. The van der Waals surface area contributed by atoms with Crippen molar-refractivity contribution in [3.63, 3.8) is 0 Å². The number of phenols is 1. The molecular weight excluding hydrogens is 355 g/mol. The van der Waals surface area contributed by atoms with Crippen molar-refractivity contribution in [3.05, 3.63) is 18.2 Å². The van der Waals surface area contributed by atoms with E-state index in [1.807, 2.05) is 0 Å². The number of carbonyl (C=O) groups is 2. The van der Waals surface area contributed by atoms with Crippen LogP contribution in [-0.4, -0.2) is 41.8 Å². The molecule has 22 heavy (non-hydrogen) atoms. The summed E-state index contributed by atoms with van der Waals surface area (Å²) >= 11 is -5.18. The number of carbonyl (C=O) groups excluding carboxylic acids is 2. The number of amides is 1. The SMILES string of the molecule is CC(=O)Nc1cc(O)ccc1[As](=O)(O)OC(=O)CCCCN. The van der Waals surface area contributed by atoms with Crippen molar-refractivity contribution >= 4 is 36.1 Å². The summed E-state index contributed by atoms with van der Waals surface area (Å²) in [5.41, 5.74) is 5.23. The van der Waals surface area contributed by atoms with Crippen LogP contribution >= 0.6 is 0 Å². The first-order valence-electron chi connectivity index (χ1n) is 6.62. The Kier molecular flexibility index (Phi) is 6.67. The van der Waals surface area contributed by atoms with Crippen LogP contribution < -0.4 is 15.4 Å². The molecule has 8 nitrogen and oxygen atoms in total. The molecule has 0 heterocycles. The summed E-state index contributed by atoms with van der Waals surface area (Å²) in [7, 11) is 0. The summed E-state index contributed by atoms with van der Waals surface area (Å²) < 4.78 is 26.8. The van der Waals surface area contributed by atoms with Crippen molar-refractivity contribution in [1.29, 1.82) is 0 Å². The molecule has 1 atom stereocenters. The van der Waals surface area contributed by atoms with Gasteiger partial charge in [-0.2, -0.15) is 0 Å². The zero-order chi connectivity index (χ0) is 16.8. The number of phenolic OH excluding ortho intramolecular Hbond substituents is 1. The van der Waals surface area contributed by atoms with Crippen molar-refractivity contribution in [2.45, 2.75) is 26.2 Å². The van der Waals surface area contributed by atoms with Crippen molar-refractivity contribution in [3.8, 4) is 5.75 Å². The Morgan fingerprint density at radius 2 is 2.05 bits per heavy atom. The number of nitrogens with one attached hydrogen (secondary N) is 1. The fourth-order valence-electron chi connectivity index (χ4n) is 1.71. The first-order valence-corrected chi connectivity index (χ1v) is 9.93. The molecule has 9 heteroatoms. The molecule has 0 radical (unpaired) electrons. The van der Waals surface area contributed by atoms with Crippen LogP contribution in [0.3, 0.4) is 0 Å². The molecule has 1 amide bonds. The molecule has 1 aromatic carbocycles. The minimum atomic E-state index is -5.18. The third-order valence-electron chi connectivity index (χ3n) is 2.66. The average Bonchev–Trinajstić information content (AvgIpc) is 2.37. The first-order chi connectivity index (χ1) is 10.3. The molecule has 0 aromatic heterocycles. The molecule has 0 spiro atoms. The van der Waals surface area contributed by atoms with E-state index in [1.165, 1.54) is 13.0 Å². The van der Waals surface area contributed by atoms with Gasteiger partial charge in [-0.25, -0.2) is 0 Å². The number of nitrogens with two attached hydrogens (primary N) is 1. The molecule has 0 aliphatic carbocycles. The Hall–Kier alpha value is -1.76. The molecule has 1 unspecified atom stereocenters. The Morgan fingerprint density at radius 3 is 2.64 bits per heavy atom. The quantitative estimate of drug-likeness (QED) is 0.376. The van der Waals surface area contributed by atoms with Crippen LogP contribution in [0, 0.1) is 0 Å². The van der Waals surface area contributed by atoms with E-state index in [0.29, 0.717) is 19.4 Å². The summed E-state index contributed by atoms with van der Waals surface area (Å²) in [4.78, 5) is 22.7. The van der Waals surface area contributed by atoms with Gasteiger partial charge in [0.1, 0.15) is 0 Å². The fourth-order valence-corrected chi connectivity index (χ4v) is 4.13. The molecule has 0 saturated heterocycles. The van der Waals surface area contributed by atoms with E-state index >= 15 is 0 Å². The molecule has 0 aliphatic rings. The van der Waals surface area contributed by atoms with Gasteiger partial charge in [-0.15, -0.1) is 0 Å². The molecule has 0 saturated carbocycles. The van der Waals surface area contributed by atoms with E-state index in [0.717, 1.165) is 12.1 Å². The number of unbranched alkanes of at least 4 members (excludes halogenated alkanes) is 1. The molecule has 5 N–H and O–H groups in total. The van der Waals surface area contributed by atoms with E-state index in [2.05, 4.69) is 5.32 Å². The summed E-state index contributed by atoms with van der Waals surface area (Å²) in [6.45, 7) is 1.63. The first kappa shape index (κ1) is 18.3. The summed E-state index contributed by atoms with van der Waals surface area (Å²) in [5, 5.41) is 11.7. The number of aromatic hydroxyl groups is 1. The Labute approximate surface area is 130 Å². The topological polar surface area (TPSA) is 139 Å². The molecular formula is C13H19AsN2O6. The van der Waals surface area contributed by atoms with Crippen molar-refractivity contribution in [1.82, 2.24) is 0 Å². The standard InChI is InChI=1S/C13H19AsN2O6/c1-9(17)16-12-8-10(18)5-6-11(12)14(20,21)22-13(19)4-2-3-7-15/h5-6,8,18H,2-4,7,15H2,1H3,(H,16,17)(H,20,21). The second kappa shape index (κ2) is 8.03. The van der Waals surface area contributed by atoms with Gasteiger partial charge in [0, 0.05) is 0 Å². The van der Waals surface area contributed by atoms with Crippen LogP contribution in [-0.2, 0) is 17.1 Å². The average molecular weight is 374 g/mol. The summed E-state index contributed by atoms with van der Waals surface area (Å²) in [5.74, 6) is -1.49. The molecule has 122 valence electrons. The van der Waals surface area contributed by atoms with E-state index in [-0.39, 0.29) is 22.2 Å². The number of hydrogen-bond donors (Lipinski definition) is 4. The van der Waals surface area contributed by atoms with Crippen LogP contribution in [0.25, 0.3) is 0 Å². The Bertz CT molecular complexity index is 604. The third kappa shape index (κ3) is 5.55. The van der Waals surface area contributed by atoms with Crippen molar-refractivity contribution < 1.29 is 26.3 Å². The molecule has 0 aliphatic heterocycles. The Morgan fingerprint density at radius 1 is 1.36 bits per heavy atom. The van der Waals surface area contributed by atoms with Crippen molar-refractivity contribution in [2.24, 2.45) is 5.73 Å². The molecule has 1 rings (SSSR count). The number of hydrogen-bond acceptors (Lipinski definition) is 6. The number of benzene rings is 1. The predicted octanol–water partition coefficient (Wildman–Crippen LogP) is -0.409. The van der Waals surface area contributed by atoms with Gasteiger partial charge in [0.05, 0.1) is 0 Å². The molecule has 0 fully saturated rings. The zero-order valence-corrected chi connectivity index (χ0v) is 14.0. The second-order valence-electron chi connectivity index (χ2n) is 4.61. The van der Waals surface area contributed by atoms with Crippen LogP contribution in [0.5, 0.6) is 5.75 Å². The van der Waals surface area contributed by atoms with Gasteiger partial charge in [-0.3, -0.25) is 0 Å². The van der Waals surface area contributed by atoms with Gasteiger partial charge < -0.3 is 0 Å². The number of anilines is 1. The van der Waals surface area contributed by atoms with E-state index < -0.39 is 26.0 Å². The fraction of sp³-hybridized carbons (Fsp3) is 0.385. The van der Waals surface area contributed by atoms with Gasteiger partial charge in [-0.05, 0) is 0 Å². The van der Waals surface area contributed by atoms with Crippen molar-refractivity contribution in [2.75, 3.05) is 11.9 Å². The second-order valence-corrected chi connectivity index (χ2v) is 8.19. The van der Waals surface area contributed by atoms with Gasteiger partial charge in [0.15, 0.2) is 0 Å². The van der Waals surface area contributed by atoms with E-state index in [1.54, 1.807) is 0 Å². The van der Waals surface area contributed by atoms with Crippen LogP contribution in [0.15, 0.2) is 18.2 Å². The zero-order valence-electron chi connectivity index (χ0n) is 12.1.